The minimum atomic E-state index is -0.0352. The molecule has 4 rings (SSSR count). The first-order valence-corrected chi connectivity index (χ1v) is 7.56. The molecule has 5 nitrogen and oxygen atoms in total. The molecule has 2 fully saturated rings. The summed E-state index contributed by atoms with van der Waals surface area (Å²) >= 11 is 0. The van der Waals surface area contributed by atoms with Crippen LogP contribution >= 0.6 is 0 Å². The van der Waals surface area contributed by atoms with Crippen LogP contribution in [0.5, 0.6) is 0 Å². The highest BCUT2D eigenvalue weighted by molar-refractivity contribution is 6.04. The molecule has 2 heterocycles. The van der Waals surface area contributed by atoms with Crippen molar-refractivity contribution in [2.75, 3.05) is 13.6 Å². The van der Waals surface area contributed by atoms with Gasteiger partial charge in [-0.15, -0.1) is 0 Å². The van der Waals surface area contributed by atoms with Crippen molar-refractivity contribution >= 4 is 16.8 Å². The van der Waals surface area contributed by atoms with Crippen LogP contribution in [0.2, 0.25) is 0 Å². The molecule has 2 aromatic rings. The Labute approximate surface area is 123 Å². The number of para-hydroxylation sites is 1. The van der Waals surface area contributed by atoms with Crippen LogP contribution in [0.1, 0.15) is 23.3 Å². The number of hydrogen-bond acceptors (Lipinski definition) is 3. The van der Waals surface area contributed by atoms with E-state index in [4.69, 9.17) is 0 Å². The van der Waals surface area contributed by atoms with Crippen molar-refractivity contribution in [2.45, 2.75) is 24.9 Å². The summed E-state index contributed by atoms with van der Waals surface area (Å²) in [4.78, 5) is 15.0. The summed E-state index contributed by atoms with van der Waals surface area (Å²) in [5.41, 5.74) is 1.54. The van der Waals surface area contributed by atoms with Crippen LogP contribution in [0, 0.1) is 5.92 Å². The Kier molecular flexibility index (Phi) is 2.79. The highest BCUT2D eigenvalue weighted by Gasteiger charge is 2.43. The van der Waals surface area contributed by atoms with Crippen LogP contribution in [-0.2, 0) is 7.05 Å². The lowest BCUT2D eigenvalue weighted by atomic mass is 10.0. The first-order chi connectivity index (χ1) is 10.1. The van der Waals surface area contributed by atoms with Gasteiger partial charge in [0.05, 0.1) is 5.52 Å². The van der Waals surface area contributed by atoms with Crippen molar-refractivity contribution in [3.63, 3.8) is 0 Å². The zero-order valence-corrected chi connectivity index (χ0v) is 12.4. The van der Waals surface area contributed by atoms with Crippen LogP contribution in [0.4, 0.5) is 0 Å². The fraction of sp³-hybridized carbons (Fsp3) is 0.500. The molecule has 0 spiro atoms. The topological polar surface area (TPSA) is 50.2 Å². The fourth-order valence-electron chi connectivity index (χ4n) is 3.97. The van der Waals surface area contributed by atoms with E-state index < -0.39 is 0 Å². The maximum Gasteiger partial charge on any atom is 0.272 e. The van der Waals surface area contributed by atoms with E-state index in [-0.39, 0.29) is 5.91 Å². The summed E-state index contributed by atoms with van der Waals surface area (Å²) in [5, 5.41) is 8.54. The van der Waals surface area contributed by atoms with E-state index in [1.54, 1.807) is 4.68 Å². The van der Waals surface area contributed by atoms with E-state index in [1.165, 1.54) is 6.42 Å². The van der Waals surface area contributed by atoms with Crippen LogP contribution in [0.15, 0.2) is 24.3 Å². The highest BCUT2D eigenvalue weighted by atomic mass is 16.2. The van der Waals surface area contributed by atoms with E-state index in [2.05, 4.69) is 22.4 Å². The van der Waals surface area contributed by atoms with Crippen LogP contribution in [-0.4, -0.2) is 46.3 Å². The van der Waals surface area contributed by atoms with Crippen molar-refractivity contribution in [1.29, 1.82) is 0 Å². The lowest BCUT2D eigenvalue weighted by molar-refractivity contribution is 0.0908. The molecule has 1 saturated carbocycles. The minimum absolute atomic E-state index is 0.0352. The minimum Gasteiger partial charge on any atom is -0.348 e. The summed E-state index contributed by atoms with van der Waals surface area (Å²) in [7, 11) is 4.06. The third kappa shape index (κ3) is 1.95. The molecule has 1 saturated heterocycles. The third-order valence-corrected chi connectivity index (χ3v) is 5.11. The molecule has 2 bridgehead atoms. The van der Waals surface area contributed by atoms with Gasteiger partial charge in [0, 0.05) is 31.1 Å². The first kappa shape index (κ1) is 12.8. The molecular formula is C16H20N4O. The number of amides is 1. The Bertz CT molecular complexity index is 705. The van der Waals surface area contributed by atoms with Gasteiger partial charge in [0.15, 0.2) is 5.69 Å². The molecule has 1 aliphatic carbocycles. The maximum atomic E-state index is 12.6. The van der Waals surface area contributed by atoms with Crippen LogP contribution < -0.4 is 5.32 Å². The van der Waals surface area contributed by atoms with E-state index in [1.807, 2.05) is 31.3 Å². The first-order valence-electron chi connectivity index (χ1n) is 7.56. The van der Waals surface area contributed by atoms with Gasteiger partial charge in [-0.1, -0.05) is 18.2 Å². The number of carbonyl (C=O) groups excluding carboxylic acids is 1. The molecule has 3 atom stereocenters. The summed E-state index contributed by atoms with van der Waals surface area (Å²) in [6.07, 6.45) is 2.28. The Morgan fingerprint density at radius 3 is 2.81 bits per heavy atom. The second-order valence-corrected chi connectivity index (χ2v) is 6.39. The lowest BCUT2D eigenvalue weighted by Gasteiger charge is -2.28. The molecule has 0 radical (unpaired) electrons. The molecule has 21 heavy (non-hydrogen) atoms. The zero-order chi connectivity index (χ0) is 14.6. The lowest BCUT2D eigenvalue weighted by Crippen LogP contribution is -2.44. The van der Waals surface area contributed by atoms with Gasteiger partial charge in [0.1, 0.15) is 0 Å². The number of aryl methyl sites for hydroxylation is 1. The quantitative estimate of drug-likeness (QED) is 0.907. The predicted octanol–water partition coefficient (Wildman–Crippen LogP) is 1.40. The molecule has 1 N–H and O–H groups in total. The normalized spacial score (nSPS) is 28.4. The van der Waals surface area contributed by atoms with Gasteiger partial charge in [-0.25, -0.2) is 0 Å². The van der Waals surface area contributed by atoms with E-state index in [0.29, 0.717) is 23.7 Å². The fourth-order valence-corrected chi connectivity index (χ4v) is 3.97. The smallest absolute Gasteiger partial charge is 0.272 e. The largest absolute Gasteiger partial charge is 0.348 e. The van der Waals surface area contributed by atoms with Gasteiger partial charge in [-0.05, 0) is 31.9 Å². The second-order valence-electron chi connectivity index (χ2n) is 6.39. The van der Waals surface area contributed by atoms with Gasteiger partial charge in [0.2, 0.25) is 0 Å². The highest BCUT2D eigenvalue weighted by Crippen LogP contribution is 2.36. The molecule has 0 unspecified atom stereocenters. The number of rotatable bonds is 2. The Hall–Kier alpha value is -1.88. The molecule has 1 aromatic heterocycles. The number of piperidine rings is 1. The molecule has 1 aliphatic heterocycles. The number of aromatic nitrogens is 2. The monoisotopic (exact) mass is 284 g/mol. The number of carbonyl (C=O) groups is 1. The van der Waals surface area contributed by atoms with Crippen molar-refractivity contribution in [3.8, 4) is 0 Å². The van der Waals surface area contributed by atoms with Gasteiger partial charge in [0.25, 0.3) is 5.91 Å². The van der Waals surface area contributed by atoms with E-state index in [9.17, 15) is 4.79 Å². The Morgan fingerprint density at radius 1 is 1.29 bits per heavy atom. The second kappa shape index (κ2) is 4.56. The maximum absolute atomic E-state index is 12.6. The standard InChI is InChI=1S/C16H20N4O/c1-19-9-10-7-11(19)8-13(10)17-16(21)15-12-5-3-4-6-14(12)20(2)18-15/h3-6,10-11,13H,7-9H2,1-2H3,(H,17,21)/t10-,11-,13-/m1/s1. The molecule has 2 aliphatic rings. The van der Waals surface area contributed by atoms with Gasteiger partial charge < -0.3 is 10.2 Å². The summed E-state index contributed by atoms with van der Waals surface area (Å²) in [5.74, 6) is 0.561. The summed E-state index contributed by atoms with van der Waals surface area (Å²) in [6.45, 7) is 1.10. The van der Waals surface area contributed by atoms with Crippen molar-refractivity contribution in [2.24, 2.45) is 13.0 Å². The molecular weight excluding hydrogens is 264 g/mol. The van der Waals surface area contributed by atoms with Crippen LogP contribution in [0.3, 0.4) is 0 Å². The van der Waals surface area contributed by atoms with Crippen molar-refractivity contribution < 1.29 is 4.79 Å². The number of benzene rings is 1. The van der Waals surface area contributed by atoms with Gasteiger partial charge >= 0.3 is 0 Å². The number of fused-ring (bicyclic) bond motifs is 3. The third-order valence-electron chi connectivity index (χ3n) is 5.11. The van der Waals surface area contributed by atoms with Gasteiger partial charge in [-0.2, -0.15) is 5.10 Å². The average molecular weight is 284 g/mol. The summed E-state index contributed by atoms with van der Waals surface area (Å²) < 4.78 is 1.78. The molecule has 1 amide bonds. The summed E-state index contributed by atoms with van der Waals surface area (Å²) in [6, 6.07) is 8.82. The SMILES string of the molecule is CN1C[C@H]2C[C@@H]1C[C@H]2NC(=O)c1nn(C)c2ccccc12. The molecule has 110 valence electrons. The predicted molar refractivity (Wildman–Crippen MR) is 81.1 cm³/mol. The number of likely N-dealkylation sites (tertiary alicyclic amines) is 1. The van der Waals surface area contributed by atoms with E-state index >= 15 is 0 Å². The Balaban J connectivity index is 1.58. The van der Waals surface area contributed by atoms with Crippen molar-refractivity contribution in [1.82, 2.24) is 20.0 Å². The zero-order valence-electron chi connectivity index (χ0n) is 12.4. The van der Waals surface area contributed by atoms with Crippen molar-refractivity contribution in [3.05, 3.63) is 30.0 Å². The number of nitrogens with zero attached hydrogens (tertiary/aromatic N) is 3. The van der Waals surface area contributed by atoms with Crippen LogP contribution in [0.25, 0.3) is 10.9 Å². The Morgan fingerprint density at radius 2 is 2.10 bits per heavy atom. The number of nitrogens with one attached hydrogen (secondary N) is 1. The van der Waals surface area contributed by atoms with E-state index in [0.717, 1.165) is 23.9 Å². The number of hydrogen-bond donors (Lipinski definition) is 1. The molecule has 1 aromatic carbocycles. The van der Waals surface area contributed by atoms with Gasteiger partial charge in [-0.3, -0.25) is 9.48 Å². The average Bonchev–Trinajstić information content (AvgIpc) is 3.12. The molecule has 5 heteroatoms.